The van der Waals surface area contributed by atoms with Crippen molar-refractivity contribution in [2.45, 2.75) is 27.2 Å². The largest absolute Gasteiger partial charge is 0.479 e. The third kappa shape index (κ3) is 4.84. The van der Waals surface area contributed by atoms with Crippen LogP contribution < -0.4 is 10.1 Å². The molecule has 0 unspecified atom stereocenters. The van der Waals surface area contributed by atoms with E-state index in [2.05, 4.69) is 35.2 Å². The molecule has 1 aromatic heterocycles. The summed E-state index contributed by atoms with van der Waals surface area (Å²) in [6.45, 7) is 8.49. The van der Waals surface area contributed by atoms with Gasteiger partial charge in [0.05, 0.1) is 7.11 Å². The van der Waals surface area contributed by atoms with Crippen molar-refractivity contribution >= 4 is 5.57 Å². The van der Waals surface area contributed by atoms with E-state index in [0.29, 0.717) is 11.8 Å². The fourth-order valence-electron chi connectivity index (χ4n) is 1.62. The first-order valence-corrected chi connectivity index (χ1v) is 6.38. The molecule has 0 fully saturated rings. The van der Waals surface area contributed by atoms with Crippen LogP contribution in [0.5, 0.6) is 5.88 Å². The highest BCUT2D eigenvalue weighted by Gasteiger charge is 2.06. The van der Waals surface area contributed by atoms with Crippen molar-refractivity contribution in [3.63, 3.8) is 0 Å². The highest BCUT2D eigenvalue weighted by molar-refractivity contribution is 5.63. The second kappa shape index (κ2) is 7.82. The monoisotopic (exact) mass is 249 g/mol. The van der Waals surface area contributed by atoms with Crippen LogP contribution in [0.1, 0.15) is 32.9 Å². The summed E-state index contributed by atoms with van der Waals surface area (Å²) >= 11 is 0. The Morgan fingerprint density at radius 3 is 2.78 bits per heavy atom. The SMILES string of the molecule is COc1nccnc1C(C)=CCCNCC(C)C. The van der Waals surface area contributed by atoms with Gasteiger partial charge in [-0.1, -0.05) is 19.9 Å². The van der Waals surface area contributed by atoms with Crippen LogP contribution in [0.2, 0.25) is 0 Å². The number of nitrogens with one attached hydrogen (secondary N) is 1. The number of ether oxygens (including phenoxy) is 1. The molecule has 0 bridgehead atoms. The fourth-order valence-corrected chi connectivity index (χ4v) is 1.62. The van der Waals surface area contributed by atoms with Crippen molar-refractivity contribution in [1.29, 1.82) is 0 Å². The van der Waals surface area contributed by atoms with Crippen LogP contribution in [-0.4, -0.2) is 30.2 Å². The Morgan fingerprint density at radius 2 is 2.11 bits per heavy atom. The molecule has 18 heavy (non-hydrogen) atoms. The maximum Gasteiger partial charge on any atom is 0.239 e. The van der Waals surface area contributed by atoms with E-state index >= 15 is 0 Å². The van der Waals surface area contributed by atoms with Gasteiger partial charge in [-0.2, -0.15) is 0 Å². The lowest BCUT2D eigenvalue weighted by Gasteiger charge is -2.07. The minimum absolute atomic E-state index is 0.585. The van der Waals surface area contributed by atoms with Gasteiger partial charge in [-0.15, -0.1) is 0 Å². The first-order chi connectivity index (χ1) is 8.65. The number of methoxy groups -OCH3 is 1. The van der Waals surface area contributed by atoms with Crippen molar-refractivity contribution in [3.8, 4) is 5.88 Å². The normalized spacial score (nSPS) is 11.9. The lowest BCUT2D eigenvalue weighted by atomic mass is 10.1. The van der Waals surface area contributed by atoms with Gasteiger partial charge in [0.15, 0.2) is 0 Å². The first-order valence-electron chi connectivity index (χ1n) is 6.38. The van der Waals surface area contributed by atoms with Gasteiger partial charge in [-0.05, 0) is 37.9 Å². The van der Waals surface area contributed by atoms with Gasteiger partial charge in [0, 0.05) is 12.4 Å². The zero-order chi connectivity index (χ0) is 13.4. The van der Waals surface area contributed by atoms with Crippen LogP contribution in [-0.2, 0) is 0 Å². The summed E-state index contributed by atoms with van der Waals surface area (Å²) in [5.41, 5.74) is 1.93. The average molecular weight is 249 g/mol. The molecule has 0 aliphatic heterocycles. The Bertz CT molecular complexity index is 388. The van der Waals surface area contributed by atoms with E-state index in [-0.39, 0.29) is 0 Å². The molecule has 0 radical (unpaired) electrons. The molecule has 1 rings (SSSR count). The summed E-state index contributed by atoms with van der Waals surface area (Å²) in [4.78, 5) is 8.45. The van der Waals surface area contributed by atoms with Gasteiger partial charge in [-0.25, -0.2) is 9.97 Å². The molecule has 1 N–H and O–H groups in total. The number of hydrogen-bond donors (Lipinski definition) is 1. The van der Waals surface area contributed by atoms with E-state index in [1.807, 2.05) is 6.92 Å². The average Bonchev–Trinajstić information content (AvgIpc) is 2.37. The lowest BCUT2D eigenvalue weighted by Crippen LogP contribution is -2.20. The lowest BCUT2D eigenvalue weighted by molar-refractivity contribution is 0.394. The van der Waals surface area contributed by atoms with Crippen molar-refractivity contribution in [1.82, 2.24) is 15.3 Å². The van der Waals surface area contributed by atoms with Crippen LogP contribution >= 0.6 is 0 Å². The molecule has 0 aromatic carbocycles. The molecule has 0 saturated heterocycles. The van der Waals surface area contributed by atoms with Crippen LogP contribution in [0.25, 0.3) is 5.57 Å². The molecule has 0 aliphatic rings. The minimum atomic E-state index is 0.585. The molecule has 1 heterocycles. The van der Waals surface area contributed by atoms with E-state index < -0.39 is 0 Å². The number of allylic oxidation sites excluding steroid dienone is 1. The number of rotatable bonds is 7. The summed E-state index contributed by atoms with van der Waals surface area (Å²) in [6, 6.07) is 0. The standard InChI is InChI=1S/C14H23N3O/c1-11(2)10-15-7-5-6-12(3)13-14(18-4)17-9-8-16-13/h6,8-9,11,15H,5,7,10H2,1-4H3. The van der Waals surface area contributed by atoms with Gasteiger partial charge in [-0.3, -0.25) is 0 Å². The summed E-state index contributed by atoms with van der Waals surface area (Å²) < 4.78 is 5.20. The van der Waals surface area contributed by atoms with E-state index in [4.69, 9.17) is 4.74 Å². The van der Waals surface area contributed by atoms with E-state index in [9.17, 15) is 0 Å². The Kier molecular flexibility index (Phi) is 6.36. The van der Waals surface area contributed by atoms with E-state index in [1.54, 1.807) is 19.5 Å². The van der Waals surface area contributed by atoms with Crippen molar-refractivity contribution in [2.75, 3.05) is 20.2 Å². The molecule has 0 atom stereocenters. The smallest absolute Gasteiger partial charge is 0.239 e. The maximum atomic E-state index is 5.20. The minimum Gasteiger partial charge on any atom is -0.479 e. The molecule has 0 aliphatic carbocycles. The Morgan fingerprint density at radius 1 is 1.39 bits per heavy atom. The molecule has 0 amide bonds. The van der Waals surface area contributed by atoms with Crippen LogP contribution in [0.4, 0.5) is 0 Å². The fraction of sp³-hybridized carbons (Fsp3) is 0.571. The van der Waals surface area contributed by atoms with Crippen molar-refractivity contribution in [2.24, 2.45) is 5.92 Å². The Labute approximate surface area is 109 Å². The summed E-state index contributed by atoms with van der Waals surface area (Å²) in [5, 5.41) is 3.41. The zero-order valence-electron chi connectivity index (χ0n) is 11.7. The third-order valence-electron chi connectivity index (χ3n) is 2.56. The maximum absolute atomic E-state index is 5.20. The quantitative estimate of drug-likeness (QED) is 0.754. The number of hydrogen-bond acceptors (Lipinski definition) is 4. The van der Waals surface area contributed by atoms with Crippen LogP contribution in [0, 0.1) is 5.92 Å². The molecular weight excluding hydrogens is 226 g/mol. The highest BCUT2D eigenvalue weighted by Crippen LogP contribution is 2.20. The second-order valence-corrected chi connectivity index (χ2v) is 4.69. The van der Waals surface area contributed by atoms with Gasteiger partial charge in [0.25, 0.3) is 0 Å². The first kappa shape index (κ1) is 14.6. The van der Waals surface area contributed by atoms with Crippen molar-refractivity contribution < 1.29 is 4.74 Å². The molecule has 1 aromatic rings. The summed E-state index contributed by atoms with van der Waals surface area (Å²) in [6.07, 6.45) is 6.48. The van der Waals surface area contributed by atoms with E-state index in [1.165, 1.54) is 0 Å². The number of aromatic nitrogens is 2. The molecular formula is C14H23N3O. The highest BCUT2D eigenvalue weighted by atomic mass is 16.5. The Hall–Kier alpha value is -1.42. The third-order valence-corrected chi connectivity index (χ3v) is 2.56. The van der Waals surface area contributed by atoms with Crippen LogP contribution in [0.3, 0.4) is 0 Å². The molecule has 100 valence electrons. The van der Waals surface area contributed by atoms with E-state index in [0.717, 1.165) is 30.8 Å². The van der Waals surface area contributed by atoms with Gasteiger partial charge >= 0.3 is 0 Å². The molecule has 0 saturated carbocycles. The molecule has 4 nitrogen and oxygen atoms in total. The summed E-state index contributed by atoms with van der Waals surface area (Å²) in [7, 11) is 1.62. The predicted octanol–water partition coefficient (Wildman–Crippen LogP) is 2.52. The Balaban J connectivity index is 2.50. The number of nitrogens with zero attached hydrogens (tertiary/aromatic N) is 2. The second-order valence-electron chi connectivity index (χ2n) is 4.69. The van der Waals surface area contributed by atoms with Gasteiger partial charge < -0.3 is 10.1 Å². The topological polar surface area (TPSA) is 47.0 Å². The predicted molar refractivity (Wildman–Crippen MR) is 74.6 cm³/mol. The summed E-state index contributed by atoms with van der Waals surface area (Å²) in [5.74, 6) is 1.27. The van der Waals surface area contributed by atoms with Gasteiger partial charge in [0.1, 0.15) is 5.69 Å². The van der Waals surface area contributed by atoms with Crippen LogP contribution in [0.15, 0.2) is 18.5 Å². The van der Waals surface area contributed by atoms with Crippen molar-refractivity contribution in [3.05, 3.63) is 24.2 Å². The molecule has 0 spiro atoms. The van der Waals surface area contributed by atoms with Gasteiger partial charge in [0.2, 0.25) is 5.88 Å². The zero-order valence-corrected chi connectivity index (χ0v) is 11.7. The molecule has 4 heteroatoms.